The van der Waals surface area contributed by atoms with Gasteiger partial charge in [0.2, 0.25) is 0 Å². The summed E-state index contributed by atoms with van der Waals surface area (Å²) in [6.45, 7) is 3.25. The van der Waals surface area contributed by atoms with Gasteiger partial charge in [0, 0.05) is 29.6 Å². The molecule has 0 fully saturated rings. The fourth-order valence-corrected chi connectivity index (χ4v) is 0.136. The molecule has 0 atom stereocenters. The van der Waals surface area contributed by atoms with E-state index in [1.165, 1.54) is 5.41 Å². The SMILES string of the molecule is C=CSOOO.[Na]. The topological polar surface area (TPSA) is 38.7 Å². The van der Waals surface area contributed by atoms with Crippen LogP contribution in [0.1, 0.15) is 0 Å². The Morgan fingerprint density at radius 1 is 1.71 bits per heavy atom. The van der Waals surface area contributed by atoms with E-state index in [-0.39, 0.29) is 29.6 Å². The Morgan fingerprint density at radius 3 is 2.43 bits per heavy atom. The van der Waals surface area contributed by atoms with Crippen molar-refractivity contribution in [1.82, 2.24) is 0 Å². The van der Waals surface area contributed by atoms with Crippen LogP contribution in [-0.2, 0) is 9.37 Å². The number of rotatable bonds is 3. The first kappa shape index (κ1) is 10.9. The fourth-order valence-electron chi connectivity index (χ4n) is 0.0453. The Labute approximate surface area is 68.0 Å². The Morgan fingerprint density at radius 2 is 2.29 bits per heavy atom. The molecule has 7 heavy (non-hydrogen) atoms. The van der Waals surface area contributed by atoms with E-state index in [0.717, 1.165) is 12.0 Å². The summed E-state index contributed by atoms with van der Waals surface area (Å²) in [5, 5.41) is 12.0. The summed E-state index contributed by atoms with van der Waals surface area (Å²) in [6.07, 6.45) is 0. The van der Waals surface area contributed by atoms with Crippen LogP contribution >= 0.6 is 12.0 Å². The quantitative estimate of drug-likeness (QED) is 0.202. The normalized spacial score (nSPS) is 7.00. The second-order valence-corrected chi connectivity index (χ2v) is 1.07. The van der Waals surface area contributed by atoms with Gasteiger partial charge in [-0.15, -0.1) is 4.33 Å². The largest absolute Gasteiger partial charge is 0.220 e. The summed E-state index contributed by atoms with van der Waals surface area (Å²) < 4.78 is 3.84. The summed E-state index contributed by atoms with van der Waals surface area (Å²) in [5.74, 6) is 0. The standard InChI is InChI=1S/C2H4O3S.Na/c1-2-6-5-4-3;/h2-3H,1H2;. The molecular weight excluding hydrogens is 127 g/mol. The number of hydrogen-bond donors (Lipinski definition) is 1. The van der Waals surface area contributed by atoms with Gasteiger partial charge in [-0.2, -0.15) is 0 Å². The molecule has 0 aromatic heterocycles. The molecule has 0 rings (SSSR count). The monoisotopic (exact) mass is 131 g/mol. The van der Waals surface area contributed by atoms with Gasteiger partial charge in [0.15, 0.2) is 0 Å². The average molecular weight is 131 g/mol. The Balaban J connectivity index is 0. The average Bonchev–Trinajstić information content (AvgIpc) is 1.61. The molecular formula is C2H4NaO3S. The van der Waals surface area contributed by atoms with Crippen LogP contribution in [-0.4, -0.2) is 34.8 Å². The van der Waals surface area contributed by atoms with Gasteiger partial charge in [-0.05, 0) is 5.41 Å². The molecule has 0 saturated heterocycles. The van der Waals surface area contributed by atoms with Crippen molar-refractivity contribution < 1.29 is 14.6 Å². The molecule has 0 bridgehead atoms. The molecule has 0 heterocycles. The summed E-state index contributed by atoms with van der Waals surface area (Å²) in [7, 11) is 0. The van der Waals surface area contributed by atoms with Crippen molar-refractivity contribution in [3.05, 3.63) is 12.0 Å². The van der Waals surface area contributed by atoms with Crippen molar-refractivity contribution in [2.24, 2.45) is 0 Å². The van der Waals surface area contributed by atoms with Gasteiger partial charge < -0.3 is 0 Å². The second-order valence-electron chi connectivity index (χ2n) is 0.405. The third kappa shape index (κ3) is 10.9. The maximum atomic E-state index is 7.41. The molecule has 5 heteroatoms. The molecule has 0 aromatic carbocycles. The van der Waals surface area contributed by atoms with Gasteiger partial charge in [0.05, 0.1) is 12.0 Å². The van der Waals surface area contributed by atoms with Gasteiger partial charge in [-0.3, -0.25) is 0 Å². The van der Waals surface area contributed by atoms with Crippen LogP contribution in [0.15, 0.2) is 12.0 Å². The first-order chi connectivity index (χ1) is 2.91. The van der Waals surface area contributed by atoms with E-state index in [2.05, 4.69) is 16.0 Å². The molecule has 0 unspecified atom stereocenters. The zero-order valence-electron chi connectivity index (χ0n) is 3.96. The molecule has 0 spiro atoms. The molecule has 0 amide bonds. The predicted octanol–water partition coefficient (Wildman–Crippen LogP) is 0.818. The van der Waals surface area contributed by atoms with Crippen LogP contribution in [0.2, 0.25) is 0 Å². The first-order valence-corrected chi connectivity index (χ1v) is 1.96. The zero-order valence-corrected chi connectivity index (χ0v) is 6.77. The molecule has 0 saturated carbocycles. The summed E-state index contributed by atoms with van der Waals surface area (Å²) in [6, 6.07) is 0. The summed E-state index contributed by atoms with van der Waals surface area (Å²) in [4.78, 5) is 0. The van der Waals surface area contributed by atoms with E-state index < -0.39 is 0 Å². The maximum Gasteiger partial charge on any atom is 0.0628 e. The van der Waals surface area contributed by atoms with E-state index in [1.54, 1.807) is 0 Å². The van der Waals surface area contributed by atoms with Crippen molar-refractivity contribution >= 4 is 41.6 Å². The van der Waals surface area contributed by atoms with E-state index in [0.29, 0.717) is 0 Å². The Kier molecular flexibility index (Phi) is 15.6. The van der Waals surface area contributed by atoms with E-state index in [1.807, 2.05) is 0 Å². The minimum absolute atomic E-state index is 0. The van der Waals surface area contributed by atoms with E-state index >= 15 is 0 Å². The molecule has 3 nitrogen and oxygen atoms in total. The van der Waals surface area contributed by atoms with Gasteiger partial charge in [0.1, 0.15) is 0 Å². The molecule has 1 radical (unpaired) electrons. The van der Waals surface area contributed by atoms with Crippen LogP contribution in [0.25, 0.3) is 0 Å². The van der Waals surface area contributed by atoms with Crippen molar-refractivity contribution in [3.8, 4) is 0 Å². The molecule has 1 N–H and O–H groups in total. The Hall–Kier alpha value is 0.970. The van der Waals surface area contributed by atoms with Crippen molar-refractivity contribution in [2.75, 3.05) is 0 Å². The molecule has 37 valence electrons. The first-order valence-electron chi connectivity index (χ1n) is 1.16. The van der Waals surface area contributed by atoms with Crippen molar-refractivity contribution in [2.45, 2.75) is 0 Å². The smallest absolute Gasteiger partial charge is 0.0628 e. The van der Waals surface area contributed by atoms with Crippen LogP contribution in [0.3, 0.4) is 0 Å². The van der Waals surface area contributed by atoms with Gasteiger partial charge >= 0.3 is 0 Å². The van der Waals surface area contributed by atoms with Gasteiger partial charge in [0.25, 0.3) is 0 Å². The third-order valence-electron chi connectivity index (χ3n) is 0.138. The molecule has 0 aliphatic carbocycles. The van der Waals surface area contributed by atoms with Crippen LogP contribution in [0, 0.1) is 0 Å². The van der Waals surface area contributed by atoms with Crippen LogP contribution in [0.4, 0.5) is 0 Å². The van der Waals surface area contributed by atoms with E-state index in [9.17, 15) is 0 Å². The van der Waals surface area contributed by atoms with Crippen LogP contribution < -0.4 is 0 Å². The maximum absolute atomic E-state index is 7.41. The minimum atomic E-state index is 0. The molecule has 0 aliphatic rings. The molecule has 0 aliphatic heterocycles. The predicted molar refractivity (Wildman–Crippen MR) is 28.3 cm³/mol. The number of hydrogen-bond acceptors (Lipinski definition) is 4. The fraction of sp³-hybridized carbons (Fsp3) is 0. The van der Waals surface area contributed by atoms with E-state index in [4.69, 9.17) is 5.26 Å². The second kappa shape index (κ2) is 10.1. The zero-order chi connectivity index (χ0) is 4.83. The summed E-state index contributed by atoms with van der Waals surface area (Å²) in [5.41, 5.74) is 0. The van der Waals surface area contributed by atoms with Gasteiger partial charge in [-0.25, -0.2) is 5.26 Å². The minimum Gasteiger partial charge on any atom is -0.220 e. The van der Waals surface area contributed by atoms with Gasteiger partial charge in [-0.1, -0.05) is 11.6 Å². The van der Waals surface area contributed by atoms with Crippen molar-refractivity contribution in [3.63, 3.8) is 0 Å². The summed E-state index contributed by atoms with van der Waals surface area (Å²) >= 11 is 0.800. The van der Waals surface area contributed by atoms with Crippen LogP contribution in [0.5, 0.6) is 0 Å². The molecule has 0 aromatic rings. The van der Waals surface area contributed by atoms with Crippen molar-refractivity contribution in [1.29, 1.82) is 0 Å². The third-order valence-corrected chi connectivity index (χ3v) is 0.413. The Bertz CT molecular complexity index is 41.9.